The summed E-state index contributed by atoms with van der Waals surface area (Å²) in [6.07, 6.45) is 0.121. The number of benzene rings is 3. The number of imidazole rings is 1. The van der Waals surface area contributed by atoms with E-state index in [4.69, 9.17) is 10.00 Å². The molecule has 3 aromatic carbocycles. The van der Waals surface area contributed by atoms with Crippen molar-refractivity contribution in [1.29, 1.82) is 5.26 Å². The minimum atomic E-state index is -1.08. The molecular weight excluding hydrogens is 556 g/mol. The lowest BCUT2D eigenvalue weighted by Crippen LogP contribution is -2.25. The highest BCUT2D eigenvalue weighted by Gasteiger charge is 2.16. The molecule has 2 aromatic heterocycles. The van der Waals surface area contributed by atoms with Gasteiger partial charge in [-0.15, -0.1) is 0 Å². The smallest absolute Gasteiger partial charge is 0.335 e. The van der Waals surface area contributed by atoms with Gasteiger partial charge in [0.25, 0.3) is 0 Å². The van der Waals surface area contributed by atoms with E-state index >= 15 is 4.39 Å². The van der Waals surface area contributed by atoms with Crippen molar-refractivity contribution in [1.82, 2.24) is 19.9 Å². The number of amides is 1. The molecule has 0 aliphatic carbocycles. The molecule has 0 spiro atoms. The number of fused-ring (bicyclic) bond motifs is 1. The molecule has 5 aromatic rings. The van der Waals surface area contributed by atoms with Crippen LogP contribution < -0.4 is 10.1 Å². The second-order valence-corrected chi connectivity index (χ2v) is 9.72. The number of aromatic carboxylic acids is 1. The summed E-state index contributed by atoms with van der Waals surface area (Å²) in [6.45, 7) is 1.90. The fourth-order valence-electron chi connectivity index (χ4n) is 4.60. The van der Waals surface area contributed by atoms with E-state index in [1.54, 1.807) is 41.0 Å². The molecule has 0 aliphatic rings. The number of pyridine rings is 1. The standard InChI is InChI=1S/C32H25F2N5O4/c1-19(40)36-11-12-39-29-15-23(32(41)42)9-10-28(29)37-30(39)16-21-7-8-22(14-26(21)34)27-3-2-4-31(38-27)43-18-24-6-5-20(17-35)13-25(24)33/h2-10,13-15H,11-12,16,18H2,1H3,(H,36,40)(H,41,42). The van der Waals surface area contributed by atoms with Gasteiger partial charge in [0.1, 0.15) is 24.1 Å². The van der Waals surface area contributed by atoms with E-state index in [9.17, 15) is 19.1 Å². The normalized spacial score (nSPS) is 10.8. The van der Waals surface area contributed by atoms with Crippen molar-refractivity contribution >= 4 is 22.9 Å². The molecule has 0 radical (unpaired) electrons. The number of hydrogen-bond donors (Lipinski definition) is 2. The number of carboxylic acid groups (broad SMARTS) is 1. The van der Waals surface area contributed by atoms with Crippen LogP contribution in [-0.4, -0.2) is 38.1 Å². The lowest BCUT2D eigenvalue weighted by Gasteiger charge is -2.12. The second-order valence-electron chi connectivity index (χ2n) is 9.72. The lowest BCUT2D eigenvalue weighted by molar-refractivity contribution is -0.118. The number of carbonyl (C=O) groups excluding carboxylic acids is 1. The van der Waals surface area contributed by atoms with Gasteiger partial charge in [0, 0.05) is 43.6 Å². The predicted molar refractivity (Wildman–Crippen MR) is 153 cm³/mol. The summed E-state index contributed by atoms with van der Waals surface area (Å²) in [5.41, 5.74) is 3.01. The minimum Gasteiger partial charge on any atom is -0.478 e. The number of rotatable bonds is 10. The molecule has 5 rings (SSSR count). The van der Waals surface area contributed by atoms with E-state index in [0.29, 0.717) is 40.2 Å². The van der Waals surface area contributed by atoms with Gasteiger partial charge in [0.15, 0.2) is 0 Å². The zero-order valence-electron chi connectivity index (χ0n) is 23.0. The lowest BCUT2D eigenvalue weighted by atomic mass is 10.1. The van der Waals surface area contributed by atoms with E-state index < -0.39 is 17.6 Å². The van der Waals surface area contributed by atoms with Crippen molar-refractivity contribution in [3.63, 3.8) is 0 Å². The molecule has 0 bridgehead atoms. The zero-order valence-corrected chi connectivity index (χ0v) is 23.0. The summed E-state index contributed by atoms with van der Waals surface area (Å²) in [7, 11) is 0. The van der Waals surface area contributed by atoms with Gasteiger partial charge < -0.3 is 19.7 Å². The monoisotopic (exact) mass is 581 g/mol. The van der Waals surface area contributed by atoms with Crippen LogP contribution >= 0.6 is 0 Å². The molecule has 0 atom stereocenters. The Bertz CT molecular complexity index is 1900. The highest BCUT2D eigenvalue weighted by molar-refractivity contribution is 5.92. The van der Waals surface area contributed by atoms with E-state index in [1.807, 2.05) is 6.07 Å². The third kappa shape index (κ3) is 6.65. The molecule has 0 fully saturated rings. The van der Waals surface area contributed by atoms with Crippen molar-refractivity contribution in [3.05, 3.63) is 113 Å². The SMILES string of the molecule is CC(=O)NCCn1c(Cc2ccc(-c3cccc(OCc4ccc(C#N)cc4F)n3)cc2F)nc2ccc(C(=O)O)cc21. The van der Waals surface area contributed by atoms with E-state index in [0.717, 1.165) is 6.07 Å². The van der Waals surface area contributed by atoms with E-state index in [-0.39, 0.29) is 48.0 Å². The van der Waals surface area contributed by atoms with Crippen molar-refractivity contribution < 1.29 is 28.2 Å². The molecule has 11 heteroatoms. The van der Waals surface area contributed by atoms with Crippen LogP contribution in [0.1, 0.15) is 39.8 Å². The van der Waals surface area contributed by atoms with Crippen LogP contribution in [0.2, 0.25) is 0 Å². The first-order chi connectivity index (χ1) is 20.7. The molecule has 216 valence electrons. The Balaban J connectivity index is 1.37. The maximum atomic E-state index is 15.4. The summed E-state index contributed by atoms with van der Waals surface area (Å²) in [5.74, 6) is -1.60. The average Bonchev–Trinajstić information content (AvgIpc) is 3.33. The highest BCUT2D eigenvalue weighted by Crippen LogP contribution is 2.26. The summed E-state index contributed by atoms with van der Waals surface area (Å²) < 4.78 is 37.1. The minimum absolute atomic E-state index is 0.0935. The number of ether oxygens (including phenoxy) is 1. The van der Waals surface area contributed by atoms with Crippen molar-refractivity contribution in [2.45, 2.75) is 26.5 Å². The van der Waals surface area contributed by atoms with Gasteiger partial charge in [-0.3, -0.25) is 4.79 Å². The fourth-order valence-corrected chi connectivity index (χ4v) is 4.60. The Hall–Kier alpha value is -5.63. The van der Waals surface area contributed by atoms with Crippen LogP contribution in [0.4, 0.5) is 8.78 Å². The Morgan fingerprint density at radius 1 is 1.00 bits per heavy atom. The Morgan fingerprint density at radius 3 is 2.51 bits per heavy atom. The van der Waals surface area contributed by atoms with Crippen LogP contribution in [-0.2, 0) is 24.4 Å². The van der Waals surface area contributed by atoms with Crippen molar-refractivity contribution in [3.8, 4) is 23.2 Å². The van der Waals surface area contributed by atoms with Crippen LogP contribution in [0.5, 0.6) is 5.88 Å². The van der Waals surface area contributed by atoms with Gasteiger partial charge in [-0.05, 0) is 48.0 Å². The molecule has 43 heavy (non-hydrogen) atoms. The number of carboxylic acids is 1. The first kappa shape index (κ1) is 28.9. The Labute approximate surface area is 245 Å². The van der Waals surface area contributed by atoms with Gasteiger partial charge in [-0.2, -0.15) is 5.26 Å². The first-order valence-corrected chi connectivity index (χ1v) is 13.3. The Morgan fingerprint density at radius 2 is 1.79 bits per heavy atom. The maximum absolute atomic E-state index is 15.4. The van der Waals surface area contributed by atoms with Crippen molar-refractivity contribution in [2.75, 3.05) is 6.54 Å². The summed E-state index contributed by atoms with van der Waals surface area (Å²) in [5, 5.41) is 21.1. The zero-order chi connectivity index (χ0) is 30.5. The quantitative estimate of drug-likeness (QED) is 0.230. The van der Waals surface area contributed by atoms with Gasteiger partial charge in [0.05, 0.1) is 33.9 Å². The van der Waals surface area contributed by atoms with E-state index in [1.165, 1.54) is 37.3 Å². The van der Waals surface area contributed by atoms with E-state index in [2.05, 4.69) is 15.3 Å². The maximum Gasteiger partial charge on any atom is 0.335 e. The molecule has 0 saturated heterocycles. The molecule has 2 heterocycles. The largest absolute Gasteiger partial charge is 0.478 e. The van der Waals surface area contributed by atoms with Gasteiger partial charge >= 0.3 is 5.97 Å². The molecule has 2 N–H and O–H groups in total. The van der Waals surface area contributed by atoms with Crippen LogP contribution in [0.25, 0.3) is 22.3 Å². The van der Waals surface area contributed by atoms with Crippen LogP contribution in [0.3, 0.4) is 0 Å². The predicted octanol–water partition coefficient (Wildman–Crippen LogP) is 5.25. The number of carbonyl (C=O) groups is 2. The summed E-state index contributed by atoms with van der Waals surface area (Å²) in [4.78, 5) is 32.0. The molecular formula is C32H25F2N5O4. The number of nitriles is 1. The van der Waals surface area contributed by atoms with Gasteiger partial charge in [0.2, 0.25) is 11.8 Å². The van der Waals surface area contributed by atoms with Gasteiger partial charge in [-0.1, -0.05) is 24.3 Å². The summed E-state index contributed by atoms with van der Waals surface area (Å²) >= 11 is 0. The number of aromatic nitrogens is 3. The molecule has 0 saturated carbocycles. The fraction of sp³-hybridized carbons (Fsp3) is 0.156. The molecule has 1 amide bonds. The number of nitrogens with one attached hydrogen (secondary N) is 1. The van der Waals surface area contributed by atoms with Crippen LogP contribution in [0.15, 0.2) is 72.8 Å². The third-order valence-corrected chi connectivity index (χ3v) is 6.76. The van der Waals surface area contributed by atoms with Crippen LogP contribution in [0, 0.1) is 23.0 Å². The Kier molecular flexibility index (Phi) is 8.39. The summed E-state index contributed by atoms with van der Waals surface area (Å²) in [6, 6.07) is 20.3. The van der Waals surface area contributed by atoms with Gasteiger partial charge in [-0.25, -0.2) is 23.5 Å². The average molecular weight is 582 g/mol. The van der Waals surface area contributed by atoms with Crippen molar-refractivity contribution in [2.24, 2.45) is 0 Å². The number of hydrogen-bond acceptors (Lipinski definition) is 6. The second kappa shape index (κ2) is 12.5. The number of halogens is 2. The third-order valence-electron chi connectivity index (χ3n) is 6.76. The topological polar surface area (TPSA) is 130 Å². The molecule has 0 unspecified atom stereocenters. The first-order valence-electron chi connectivity index (χ1n) is 13.3. The highest BCUT2D eigenvalue weighted by atomic mass is 19.1. The molecule has 9 nitrogen and oxygen atoms in total. The molecule has 0 aliphatic heterocycles. The number of nitrogens with zero attached hydrogens (tertiary/aromatic N) is 4.